The zero-order valence-electron chi connectivity index (χ0n) is 27.9. The van der Waals surface area contributed by atoms with Gasteiger partial charge in [0.25, 0.3) is 11.8 Å². The number of anilines is 6. The lowest BCUT2D eigenvalue weighted by Gasteiger charge is -2.45. The number of aryl methyl sites for hydroxylation is 1. The zero-order chi connectivity index (χ0) is 35.2. The van der Waals surface area contributed by atoms with Crippen LogP contribution in [0.1, 0.15) is 33.6 Å². The van der Waals surface area contributed by atoms with Gasteiger partial charge in [0.1, 0.15) is 6.04 Å². The Bertz CT molecular complexity index is 2020. The number of imide groups is 2. The van der Waals surface area contributed by atoms with Crippen molar-refractivity contribution in [2.75, 3.05) is 66.2 Å². The molecule has 0 radical (unpaired) electrons. The van der Waals surface area contributed by atoms with Gasteiger partial charge in [-0.25, -0.2) is 9.37 Å². The van der Waals surface area contributed by atoms with Gasteiger partial charge in [0.15, 0.2) is 11.6 Å². The molecule has 2 aromatic carbocycles. The molecule has 2 aromatic heterocycles. The summed E-state index contributed by atoms with van der Waals surface area (Å²) in [5.41, 5.74) is 4.01. The van der Waals surface area contributed by atoms with Gasteiger partial charge in [-0.15, -0.1) is 0 Å². The van der Waals surface area contributed by atoms with Crippen LogP contribution in [0.4, 0.5) is 38.9 Å². The zero-order valence-corrected chi connectivity index (χ0v) is 27.9. The van der Waals surface area contributed by atoms with Gasteiger partial charge < -0.3 is 20.4 Å². The molecule has 0 aliphatic carbocycles. The molecule has 4 aliphatic heterocycles. The van der Waals surface area contributed by atoms with E-state index in [-0.39, 0.29) is 24.6 Å². The van der Waals surface area contributed by atoms with Gasteiger partial charge in [0.05, 0.1) is 29.2 Å². The average molecular weight is 694 g/mol. The largest absolute Gasteiger partial charge is 0.371 e. The summed E-state index contributed by atoms with van der Waals surface area (Å²) in [7, 11) is 1.78. The number of hydrogen-bond donors (Lipinski definition) is 3. The highest BCUT2D eigenvalue weighted by atomic mass is 19.1. The van der Waals surface area contributed by atoms with E-state index < -0.39 is 35.5 Å². The highest BCUT2D eigenvalue weighted by molar-refractivity contribution is 6.23. The number of nitrogens with zero attached hydrogens (tertiary/aromatic N) is 8. The van der Waals surface area contributed by atoms with Gasteiger partial charge in [-0.3, -0.25) is 39.0 Å². The molecule has 3 fully saturated rings. The Morgan fingerprint density at radius 2 is 1.61 bits per heavy atom. The van der Waals surface area contributed by atoms with Crippen molar-refractivity contribution in [3.05, 3.63) is 78.0 Å². The van der Waals surface area contributed by atoms with Crippen molar-refractivity contribution in [1.82, 2.24) is 34.9 Å². The van der Waals surface area contributed by atoms with Crippen molar-refractivity contribution in [3.63, 3.8) is 0 Å². The maximum absolute atomic E-state index is 14.3. The lowest BCUT2D eigenvalue weighted by Crippen LogP contribution is -2.55. The molecule has 1 atom stereocenters. The number of carbonyl (C=O) groups excluding carboxylic acids is 4. The number of rotatable bonds is 9. The summed E-state index contributed by atoms with van der Waals surface area (Å²) in [5, 5.41) is 12.4. The van der Waals surface area contributed by atoms with Crippen molar-refractivity contribution in [2.45, 2.75) is 18.9 Å². The summed E-state index contributed by atoms with van der Waals surface area (Å²) < 4.78 is 15.9. The molecule has 4 aliphatic rings. The van der Waals surface area contributed by atoms with Crippen LogP contribution in [0.5, 0.6) is 0 Å². The Labute approximate surface area is 292 Å². The quantitative estimate of drug-likeness (QED) is 0.220. The lowest BCUT2D eigenvalue weighted by atomic mass is 9.97. The van der Waals surface area contributed by atoms with Gasteiger partial charge in [0, 0.05) is 88.5 Å². The first-order valence-electron chi connectivity index (χ1n) is 16.9. The molecule has 3 saturated heterocycles. The van der Waals surface area contributed by atoms with E-state index in [0.29, 0.717) is 22.7 Å². The van der Waals surface area contributed by atoms with E-state index in [1.807, 2.05) is 18.2 Å². The Morgan fingerprint density at radius 1 is 0.863 bits per heavy atom. The molecular weight excluding hydrogens is 657 g/mol. The predicted octanol–water partition coefficient (Wildman–Crippen LogP) is 2.50. The molecule has 262 valence electrons. The molecule has 0 bridgehead atoms. The van der Waals surface area contributed by atoms with E-state index in [9.17, 15) is 23.6 Å². The van der Waals surface area contributed by atoms with Crippen molar-refractivity contribution in [2.24, 2.45) is 13.0 Å². The van der Waals surface area contributed by atoms with E-state index in [1.54, 1.807) is 36.3 Å². The minimum Gasteiger partial charge on any atom is -0.371 e. The molecular formula is C35H36FN11O4. The average Bonchev–Trinajstić information content (AvgIpc) is 3.63. The number of amides is 4. The van der Waals surface area contributed by atoms with Crippen LogP contribution in [0.15, 0.2) is 61.1 Å². The SMILES string of the molecule is Cn1cc(Nc2nc(Nc3ccc(N4CCN(CC5CN(c6ccc7c(c6)C(=O)N(C6CCC(=O)NC6=O)C7=O)C5)CC4)cc3)ncc2F)cn1. The first-order valence-corrected chi connectivity index (χ1v) is 16.9. The van der Waals surface area contributed by atoms with Gasteiger partial charge in [-0.2, -0.15) is 10.1 Å². The minimum atomic E-state index is -0.970. The molecule has 8 rings (SSSR count). The molecule has 4 aromatic rings. The summed E-state index contributed by atoms with van der Waals surface area (Å²) in [4.78, 5) is 66.6. The van der Waals surface area contributed by atoms with Gasteiger partial charge >= 0.3 is 0 Å². The van der Waals surface area contributed by atoms with Crippen LogP contribution < -0.4 is 25.8 Å². The number of piperidine rings is 1. The third-order valence-electron chi connectivity index (χ3n) is 9.83. The number of hydrogen-bond acceptors (Lipinski definition) is 12. The van der Waals surface area contributed by atoms with Crippen molar-refractivity contribution < 1.29 is 23.6 Å². The first-order chi connectivity index (χ1) is 24.7. The normalized spacial score (nSPS) is 19.6. The van der Waals surface area contributed by atoms with Crippen LogP contribution in [0.2, 0.25) is 0 Å². The molecule has 0 spiro atoms. The molecule has 6 heterocycles. The molecule has 51 heavy (non-hydrogen) atoms. The Kier molecular flexibility index (Phi) is 8.30. The van der Waals surface area contributed by atoms with Gasteiger partial charge in [0.2, 0.25) is 17.8 Å². The Hall–Kier alpha value is -5.90. The highest BCUT2D eigenvalue weighted by Crippen LogP contribution is 2.33. The van der Waals surface area contributed by atoms with E-state index in [2.05, 4.69) is 57.8 Å². The molecule has 4 amide bonds. The molecule has 3 N–H and O–H groups in total. The number of carbonyl (C=O) groups is 4. The third kappa shape index (κ3) is 6.45. The number of fused-ring (bicyclic) bond motifs is 1. The second-order valence-electron chi connectivity index (χ2n) is 13.3. The van der Waals surface area contributed by atoms with Gasteiger partial charge in [-0.05, 0) is 48.9 Å². The summed E-state index contributed by atoms with van der Waals surface area (Å²) in [6.45, 7) is 6.37. The van der Waals surface area contributed by atoms with Gasteiger partial charge in [-0.1, -0.05) is 0 Å². The topological polar surface area (TPSA) is 161 Å². The fraction of sp³-hybridized carbons (Fsp3) is 0.343. The van der Waals surface area contributed by atoms with Crippen molar-refractivity contribution >= 4 is 58.1 Å². The number of nitrogens with one attached hydrogen (secondary N) is 3. The Balaban J connectivity index is 0.804. The lowest BCUT2D eigenvalue weighted by molar-refractivity contribution is -0.136. The summed E-state index contributed by atoms with van der Waals surface area (Å²) in [6.07, 6.45) is 4.67. The van der Waals surface area contributed by atoms with E-state index in [1.165, 1.54) is 0 Å². The molecule has 1 unspecified atom stereocenters. The minimum absolute atomic E-state index is 0.0575. The maximum atomic E-state index is 14.3. The molecule has 16 heteroatoms. The van der Waals surface area contributed by atoms with E-state index >= 15 is 0 Å². The second-order valence-corrected chi connectivity index (χ2v) is 13.3. The smallest absolute Gasteiger partial charge is 0.262 e. The van der Waals surface area contributed by atoms with Crippen LogP contribution in [0, 0.1) is 11.7 Å². The second kappa shape index (κ2) is 13.1. The van der Waals surface area contributed by atoms with E-state index in [4.69, 9.17) is 0 Å². The number of piperazine rings is 1. The van der Waals surface area contributed by atoms with Crippen molar-refractivity contribution in [3.8, 4) is 0 Å². The fourth-order valence-corrected chi connectivity index (χ4v) is 7.13. The molecule has 0 saturated carbocycles. The summed E-state index contributed by atoms with van der Waals surface area (Å²) >= 11 is 0. The predicted molar refractivity (Wildman–Crippen MR) is 186 cm³/mol. The Morgan fingerprint density at radius 3 is 2.33 bits per heavy atom. The summed E-state index contributed by atoms with van der Waals surface area (Å²) in [6, 6.07) is 12.3. The standard InChI is InChI=1S/C35H36FN11O4/c1-43-20-23(15-38-43)39-31-28(36)16-37-35(42-31)40-22-2-4-24(5-3-22)45-12-10-44(11-13-45)17-21-18-46(19-21)25-6-7-26-27(14-25)34(51)47(33(26)50)29-8-9-30(48)41-32(29)49/h2-7,14-16,20-21,29H,8-13,17-19H2,1H3,(H,41,48,49)(H2,37,39,40,42). The van der Waals surface area contributed by atoms with Crippen molar-refractivity contribution in [1.29, 1.82) is 0 Å². The fourth-order valence-electron chi connectivity index (χ4n) is 7.13. The van der Waals surface area contributed by atoms with Crippen LogP contribution in [0.25, 0.3) is 0 Å². The third-order valence-corrected chi connectivity index (χ3v) is 9.83. The molecule has 15 nitrogen and oxygen atoms in total. The van der Waals surface area contributed by atoms with Crippen LogP contribution in [0.3, 0.4) is 0 Å². The van der Waals surface area contributed by atoms with Crippen LogP contribution in [-0.4, -0.2) is 105 Å². The first kappa shape index (κ1) is 32.3. The highest BCUT2D eigenvalue weighted by Gasteiger charge is 2.45. The summed E-state index contributed by atoms with van der Waals surface area (Å²) in [5.74, 6) is -1.73. The van der Waals surface area contributed by atoms with Crippen LogP contribution >= 0.6 is 0 Å². The van der Waals surface area contributed by atoms with E-state index in [0.717, 1.165) is 74.0 Å². The van der Waals surface area contributed by atoms with Crippen LogP contribution in [-0.2, 0) is 16.6 Å². The number of aromatic nitrogens is 4. The number of halogens is 1. The number of benzene rings is 2. The maximum Gasteiger partial charge on any atom is 0.262 e. The monoisotopic (exact) mass is 693 g/mol.